The predicted octanol–water partition coefficient (Wildman–Crippen LogP) is 5.63. The summed E-state index contributed by atoms with van der Waals surface area (Å²) in [4.78, 5) is 13.0. The summed E-state index contributed by atoms with van der Waals surface area (Å²) in [7, 11) is 0. The average Bonchev–Trinajstić information content (AvgIpc) is 2.69. The average molecular weight is 324 g/mol. The topological polar surface area (TPSA) is 30.2 Å². The molecule has 0 unspecified atom stereocenters. The Balaban J connectivity index is 1.96. The van der Waals surface area contributed by atoms with Crippen LogP contribution in [-0.4, -0.2) is 0 Å². The van der Waals surface area contributed by atoms with E-state index in [0.717, 1.165) is 11.1 Å². The lowest BCUT2D eigenvalue weighted by Crippen LogP contribution is -2.07. The Kier molecular flexibility index (Phi) is 4.01. The van der Waals surface area contributed by atoms with E-state index in [1.165, 1.54) is 0 Å². The fraction of sp³-hybridized carbons (Fsp3) is 0. The van der Waals surface area contributed by atoms with Crippen molar-refractivity contribution in [2.24, 2.45) is 0 Å². The Morgan fingerprint density at radius 3 is 2.08 bits per heavy atom. The number of hydrogen-bond acceptors (Lipinski definition) is 2. The van der Waals surface area contributed by atoms with Crippen LogP contribution in [0.5, 0.6) is 0 Å². The van der Waals surface area contributed by atoms with Crippen molar-refractivity contribution >= 4 is 23.1 Å². The first kappa shape index (κ1) is 15.2. The van der Waals surface area contributed by atoms with Crippen LogP contribution in [0.2, 0.25) is 0 Å². The molecule has 0 aliphatic rings. The molecule has 0 amide bonds. The molecule has 120 valence electrons. The first-order chi connectivity index (χ1) is 12.3. The first-order valence-electron chi connectivity index (χ1n) is 8.17. The second-order valence-electron chi connectivity index (χ2n) is 5.78. The van der Waals surface area contributed by atoms with Crippen molar-refractivity contribution in [2.75, 3.05) is 0 Å². The van der Waals surface area contributed by atoms with Crippen molar-refractivity contribution in [1.29, 1.82) is 0 Å². The van der Waals surface area contributed by atoms with E-state index in [-0.39, 0.29) is 5.43 Å². The Morgan fingerprint density at radius 2 is 1.32 bits per heavy atom. The normalized spacial score (nSPS) is 11.2. The highest BCUT2D eigenvalue weighted by Crippen LogP contribution is 2.27. The Labute approximate surface area is 145 Å². The van der Waals surface area contributed by atoms with Crippen molar-refractivity contribution in [3.8, 4) is 11.3 Å². The lowest BCUT2D eigenvalue weighted by Gasteiger charge is -2.07. The number of benzene rings is 3. The standard InChI is InChI=1S/C23H16O2/c24-22-19-13-7-8-14-21(19)25-23(18-11-5-2-6-12-18)20(22)16-15-17-9-3-1-4-10-17/h1-16H. The van der Waals surface area contributed by atoms with Gasteiger partial charge in [-0.05, 0) is 23.8 Å². The monoisotopic (exact) mass is 324 g/mol. The molecule has 1 aromatic heterocycles. The minimum atomic E-state index is -0.0205. The van der Waals surface area contributed by atoms with Gasteiger partial charge in [0.05, 0.1) is 10.9 Å². The molecule has 3 aromatic carbocycles. The van der Waals surface area contributed by atoms with E-state index >= 15 is 0 Å². The van der Waals surface area contributed by atoms with Gasteiger partial charge in [-0.3, -0.25) is 4.79 Å². The molecule has 0 aliphatic heterocycles. The van der Waals surface area contributed by atoms with E-state index in [2.05, 4.69) is 0 Å². The molecule has 1 heterocycles. The van der Waals surface area contributed by atoms with Crippen LogP contribution in [0.25, 0.3) is 34.4 Å². The molecular formula is C23H16O2. The molecule has 2 heteroatoms. The van der Waals surface area contributed by atoms with Gasteiger partial charge >= 0.3 is 0 Å². The zero-order valence-electron chi connectivity index (χ0n) is 13.6. The van der Waals surface area contributed by atoms with Crippen LogP contribution < -0.4 is 5.43 Å². The van der Waals surface area contributed by atoms with Crippen molar-refractivity contribution in [3.05, 3.63) is 106 Å². The van der Waals surface area contributed by atoms with Gasteiger partial charge in [-0.1, -0.05) is 78.9 Å². The molecule has 4 rings (SSSR count). The Bertz CT molecular complexity index is 1090. The third kappa shape index (κ3) is 3.02. The lowest BCUT2D eigenvalue weighted by molar-refractivity contribution is 0.617. The van der Waals surface area contributed by atoms with Crippen LogP contribution in [-0.2, 0) is 0 Å². The summed E-state index contributed by atoms with van der Waals surface area (Å²) in [6.07, 6.45) is 3.78. The quantitative estimate of drug-likeness (QED) is 0.489. The maximum atomic E-state index is 13.0. The summed E-state index contributed by atoms with van der Waals surface area (Å²) in [5.74, 6) is 0.594. The number of fused-ring (bicyclic) bond motifs is 1. The fourth-order valence-corrected chi connectivity index (χ4v) is 2.86. The van der Waals surface area contributed by atoms with Crippen LogP contribution in [0.15, 0.2) is 94.1 Å². The number of para-hydroxylation sites is 1. The van der Waals surface area contributed by atoms with Crippen molar-refractivity contribution < 1.29 is 4.42 Å². The second kappa shape index (κ2) is 6.62. The second-order valence-corrected chi connectivity index (χ2v) is 5.78. The SMILES string of the molecule is O=c1c(C=Cc2ccccc2)c(-c2ccccc2)oc2ccccc12. The summed E-state index contributed by atoms with van der Waals surface area (Å²) in [6, 6.07) is 27.0. The molecular weight excluding hydrogens is 308 g/mol. The van der Waals surface area contributed by atoms with Gasteiger partial charge in [0.1, 0.15) is 11.3 Å². The van der Waals surface area contributed by atoms with E-state index < -0.39 is 0 Å². The molecule has 0 saturated heterocycles. The van der Waals surface area contributed by atoms with E-state index in [1.807, 2.05) is 91.0 Å². The van der Waals surface area contributed by atoms with Crippen LogP contribution in [0, 0.1) is 0 Å². The van der Waals surface area contributed by atoms with Crippen LogP contribution >= 0.6 is 0 Å². The highest BCUT2D eigenvalue weighted by molar-refractivity contribution is 5.86. The smallest absolute Gasteiger partial charge is 0.200 e. The fourth-order valence-electron chi connectivity index (χ4n) is 2.86. The van der Waals surface area contributed by atoms with Crippen LogP contribution in [0.1, 0.15) is 11.1 Å². The van der Waals surface area contributed by atoms with E-state index in [0.29, 0.717) is 22.3 Å². The summed E-state index contributed by atoms with van der Waals surface area (Å²) < 4.78 is 6.10. The third-order valence-corrected chi connectivity index (χ3v) is 4.11. The van der Waals surface area contributed by atoms with Gasteiger partial charge in [0.2, 0.25) is 5.43 Å². The molecule has 25 heavy (non-hydrogen) atoms. The van der Waals surface area contributed by atoms with Gasteiger partial charge in [-0.2, -0.15) is 0 Å². The summed E-state index contributed by atoms with van der Waals surface area (Å²) in [5, 5.41) is 0.592. The largest absolute Gasteiger partial charge is 0.455 e. The lowest BCUT2D eigenvalue weighted by atomic mass is 10.0. The summed E-state index contributed by atoms with van der Waals surface area (Å²) >= 11 is 0. The highest BCUT2D eigenvalue weighted by Gasteiger charge is 2.13. The van der Waals surface area contributed by atoms with Crippen molar-refractivity contribution in [2.45, 2.75) is 0 Å². The molecule has 0 bridgehead atoms. The minimum absolute atomic E-state index is 0.0205. The molecule has 0 saturated carbocycles. The molecule has 0 fully saturated rings. The molecule has 0 spiro atoms. The van der Waals surface area contributed by atoms with E-state index in [4.69, 9.17) is 4.42 Å². The van der Waals surface area contributed by atoms with Gasteiger partial charge < -0.3 is 4.42 Å². The molecule has 0 atom stereocenters. The number of rotatable bonds is 3. The van der Waals surface area contributed by atoms with Crippen LogP contribution in [0.4, 0.5) is 0 Å². The Morgan fingerprint density at radius 1 is 0.680 bits per heavy atom. The summed E-state index contributed by atoms with van der Waals surface area (Å²) in [6.45, 7) is 0. The predicted molar refractivity (Wildman–Crippen MR) is 103 cm³/mol. The molecule has 2 nitrogen and oxygen atoms in total. The van der Waals surface area contributed by atoms with E-state index in [1.54, 1.807) is 6.07 Å². The van der Waals surface area contributed by atoms with Crippen molar-refractivity contribution in [1.82, 2.24) is 0 Å². The van der Waals surface area contributed by atoms with Crippen LogP contribution in [0.3, 0.4) is 0 Å². The van der Waals surface area contributed by atoms with Gasteiger partial charge in [0, 0.05) is 5.56 Å². The van der Waals surface area contributed by atoms with Gasteiger partial charge in [-0.15, -0.1) is 0 Å². The maximum Gasteiger partial charge on any atom is 0.200 e. The highest BCUT2D eigenvalue weighted by atomic mass is 16.3. The zero-order chi connectivity index (χ0) is 17.1. The minimum Gasteiger partial charge on any atom is -0.455 e. The van der Waals surface area contributed by atoms with Gasteiger partial charge in [0.25, 0.3) is 0 Å². The maximum absolute atomic E-state index is 13.0. The molecule has 0 radical (unpaired) electrons. The first-order valence-corrected chi connectivity index (χ1v) is 8.17. The zero-order valence-corrected chi connectivity index (χ0v) is 13.6. The molecule has 0 aliphatic carbocycles. The number of hydrogen-bond donors (Lipinski definition) is 0. The Hall–Kier alpha value is -3.39. The van der Waals surface area contributed by atoms with Crippen molar-refractivity contribution in [3.63, 3.8) is 0 Å². The molecule has 0 N–H and O–H groups in total. The van der Waals surface area contributed by atoms with E-state index in [9.17, 15) is 4.79 Å². The third-order valence-electron chi connectivity index (χ3n) is 4.11. The summed E-state index contributed by atoms with van der Waals surface area (Å²) in [5.41, 5.74) is 3.07. The van der Waals surface area contributed by atoms with Gasteiger partial charge in [0.15, 0.2) is 0 Å². The van der Waals surface area contributed by atoms with Gasteiger partial charge in [-0.25, -0.2) is 0 Å². The molecule has 4 aromatic rings.